The van der Waals surface area contributed by atoms with Gasteiger partial charge in [-0.15, -0.1) is 0 Å². The summed E-state index contributed by atoms with van der Waals surface area (Å²) in [5, 5.41) is 0. The van der Waals surface area contributed by atoms with Crippen molar-refractivity contribution in [2.75, 3.05) is 17.7 Å². The Labute approximate surface area is 125 Å². The van der Waals surface area contributed by atoms with Gasteiger partial charge in [-0.25, -0.2) is 21.6 Å². The van der Waals surface area contributed by atoms with Crippen LogP contribution in [0.1, 0.15) is 24.8 Å². The average Bonchev–Trinajstić information content (AvgIpc) is 3.25. The molecule has 1 fully saturated rings. The maximum atomic E-state index is 13.9. The number of hydrogen-bond acceptors (Lipinski definition) is 3. The van der Waals surface area contributed by atoms with Gasteiger partial charge in [0.25, 0.3) is 0 Å². The molecule has 1 heterocycles. The highest BCUT2D eigenvalue weighted by atomic mass is 32.2. The van der Waals surface area contributed by atoms with Gasteiger partial charge < -0.3 is 4.90 Å². The molecular formula is C14H14F3NO3S. The second kappa shape index (κ2) is 4.71. The van der Waals surface area contributed by atoms with E-state index in [9.17, 15) is 26.4 Å². The number of carbonyl (C=O) groups excluding carboxylic acids is 1. The molecule has 1 aliphatic carbocycles. The van der Waals surface area contributed by atoms with E-state index in [0.29, 0.717) is 6.42 Å². The van der Waals surface area contributed by atoms with Crippen LogP contribution in [0.5, 0.6) is 0 Å². The van der Waals surface area contributed by atoms with Crippen LogP contribution in [0.4, 0.5) is 18.9 Å². The van der Waals surface area contributed by atoms with Crippen molar-refractivity contribution in [3.05, 3.63) is 29.1 Å². The zero-order valence-electron chi connectivity index (χ0n) is 11.8. The Hall–Kier alpha value is -1.57. The number of sulfone groups is 1. The third-order valence-electron chi connectivity index (χ3n) is 4.39. The number of hydrogen-bond donors (Lipinski definition) is 0. The number of carbonyl (C=O) groups is 1. The number of fused-ring (bicyclic) bond motifs is 1. The summed E-state index contributed by atoms with van der Waals surface area (Å²) in [5.41, 5.74) is -0.148. The Morgan fingerprint density at radius 1 is 1.23 bits per heavy atom. The lowest BCUT2D eigenvalue weighted by Gasteiger charge is -2.32. The fraction of sp³-hybridized carbons (Fsp3) is 0.500. The zero-order valence-corrected chi connectivity index (χ0v) is 12.6. The highest BCUT2D eigenvalue weighted by Crippen LogP contribution is 2.46. The Morgan fingerprint density at radius 3 is 2.41 bits per heavy atom. The van der Waals surface area contributed by atoms with Crippen LogP contribution in [0, 0.1) is 17.5 Å². The molecule has 1 aromatic rings. The van der Waals surface area contributed by atoms with Crippen LogP contribution >= 0.6 is 0 Å². The Balaban J connectivity index is 2.09. The number of anilines is 1. The molecule has 0 saturated heterocycles. The van der Waals surface area contributed by atoms with Gasteiger partial charge >= 0.3 is 0 Å². The van der Waals surface area contributed by atoms with Crippen LogP contribution in [-0.4, -0.2) is 31.9 Å². The molecule has 22 heavy (non-hydrogen) atoms. The van der Waals surface area contributed by atoms with Gasteiger partial charge in [0.2, 0.25) is 5.91 Å². The van der Waals surface area contributed by atoms with E-state index in [1.807, 2.05) is 0 Å². The van der Waals surface area contributed by atoms with Crippen molar-refractivity contribution in [1.29, 1.82) is 0 Å². The molecule has 0 radical (unpaired) electrons. The molecule has 0 N–H and O–H groups in total. The summed E-state index contributed by atoms with van der Waals surface area (Å²) in [6.07, 6.45) is 1.91. The maximum absolute atomic E-state index is 13.9. The van der Waals surface area contributed by atoms with Gasteiger partial charge in [-0.05, 0) is 25.7 Å². The molecule has 1 saturated carbocycles. The summed E-state index contributed by atoms with van der Waals surface area (Å²) < 4.78 is 62.9. The Bertz CT molecular complexity index is 772. The van der Waals surface area contributed by atoms with E-state index in [2.05, 4.69) is 0 Å². The molecule has 1 amide bonds. The van der Waals surface area contributed by atoms with E-state index in [-0.39, 0.29) is 37.1 Å². The lowest BCUT2D eigenvalue weighted by molar-refractivity contribution is -0.119. The standard InChI is InChI=1S/C14H14F3NO3S/c1-22(20,21)14(4-5-14)13(19)18-6-2-3-8-10(18)7-9(15)12(17)11(8)16/h7H,2-6H2,1H3. The first-order chi connectivity index (χ1) is 10.2. The molecule has 1 aliphatic heterocycles. The molecule has 0 unspecified atom stereocenters. The van der Waals surface area contributed by atoms with Crippen LogP contribution in [0.15, 0.2) is 6.07 Å². The summed E-state index contributed by atoms with van der Waals surface area (Å²) in [7, 11) is -3.62. The van der Waals surface area contributed by atoms with Crippen molar-refractivity contribution in [2.45, 2.75) is 30.4 Å². The van der Waals surface area contributed by atoms with Gasteiger partial charge in [-0.3, -0.25) is 4.79 Å². The average molecular weight is 333 g/mol. The number of benzene rings is 1. The molecule has 2 aliphatic rings. The molecule has 120 valence electrons. The monoisotopic (exact) mass is 333 g/mol. The van der Waals surface area contributed by atoms with Crippen molar-refractivity contribution in [1.82, 2.24) is 0 Å². The Kier molecular flexibility index (Phi) is 3.28. The zero-order chi connectivity index (χ0) is 16.3. The molecule has 8 heteroatoms. The molecule has 0 aromatic heterocycles. The molecule has 0 atom stereocenters. The quantitative estimate of drug-likeness (QED) is 0.778. The van der Waals surface area contributed by atoms with E-state index in [4.69, 9.17) is 0 Å². The van der Waals surface area contributed by atoms with Gasteiger partial charge in [0.1, 0.15) is 0 Å². The minimum atomic E-state index is -3.62. The largest absolute Gasteiger partial charge is 0.311 e. The summed E-state index contributed by atoms with van der Waals surface area (Å²) in [4.78, 5) is 13.7. The predicted molar refractivity (Wildman–Crippen MR) is 73.8 cm³/mol. The van der Waals surface area contributed by atoms with Crippen LogP contribution in [0.25, 0.3) is 0 Å². The predicted octanol–water partition coefficient (Wildman–Crippen LogP) is 1.96. The molecule has 1 aromatic carbocycles. The lowest BCUT2D eigenvalue weighted by atomic mass is 10.00. The van der Waals surface area contributed by atoms with E-state index < -0.39 is 37.9 Å². The third kappa shape index (κ3) is 2.04. The summed E-state index contributed by atoms with van der Waals surface area (Å²) >= 11 is 0. The highest BCUT2D eigenvalue weighted by Gasteiger charge is 2.60. The van der Waals surface area contributed by atoms with Crippen molar-refractivity contribution in [3.8, 4) is 0 Å². The maximum Gasteiger partial charge on any atom is 0.248 e. The van der Waals surface area contributed by atoms with Gasteiger partial charge in [-0.1, -0.05) is 0 Å². The number of halogens is 3. The lowest BCUT2D eigenvalue weighted by Crippen LogP contribution is -2.47. The summed E-state index contributed by atoms with van der Waals surface area (Å²) in [5.74, 6) is -4.95. The van der Waals surface area contributed by atoms with Crippen LogP contribution in [-0.2, 0) is 21.1 Å². The number of nitrogens with zero attached hydrogens (tertiary/aromatic N) is 1. The van der Waals surface area contributed by atoms with Crippen LogP contribution < -0.4 is 4.90 Å². The van der Waals surface area contributed by atoms with Crippen molar-refractivity contribution in [3.63, 3.8) is 0 Å². The first kappa shape index (κ1) is 15.3. The van der Waals surface area contributed by atoms with Crippen molar-refractivity contribution in [2.24, 2.45) is 0 Å². The molecule has 0 spiro atoms. The van der Waals surface area contributed by atoms with Gasteiger partial charge in [0.05, 0.1) is 5.69 Å². The van der Waals surface area contributed by atoms with E-state index in [1.165, 1.54) is 0 Å². The SMILES string of the molecule is CS(=O)(=O)C1(C(=O)N2CCCc3c2cc(F)c(F)c3F)CC1. The van der Waals surface area contributed by atoms with E-state index in [1.54, 1.807) is 0 Å². The molecular weight excluding hydrogens is 319 g/mol. The fourth-order valence-electron chi connectivity index (χ4n) is 2.95. The minimum Gasteiger partial charge on any atom is -0.311 e. The van der Waals surface area contributed by atoms with Crippen molar-refractivity contribution < 1.29 is 26.4 Å². The first-order valence-electron chi connectivity index (χ1n) is 6.87. The molecule has 0 bridgehead atoms. The van der Waals surface area contributed by atoms with Crippen molar-refractivity contribution >= 4 is 21.4 Å². The highest BCUT2D eigenvalue weighted by molar-refractivity contribution is 7.93. The third-order valence-corrected chi connectivity index (χ3v) is 6.39. The Morgan fingerprint density at radius 2 is 1.86 bits per heavy atom. The summed E-state index contributed by atoms with van der Waals surface area (Å²) in [6.45, 7) is 0.160. The van der Waals surface area contributed by atoms with Crippen LogP contribution in [0.2, 0.25) is 0 Å². The van der Waals surface area contributed by atoms with Gasteiger partial charge in [0, 0.05) is 24.4 Å². The van der Waals surface area contributed by atoms with Gasteiger partial charge in [-0.2, -0.15) is 0 Å². The number of rotatable bonds is 2. The van der Waals surface area contributed by atoms with Gasteiger partial charge in [0.15, 0.2) is 32.0 Å². The van der Waals surface area contributed by atoms with E-state index in [0.717, 1.165) is 17.2 Å². The van der Waals surface area contributed by atoms with Crippen LogP contribution in [0.3, 0.4) is 0 Å². The van der Waals surface area contributed by atoms with E-state index >= 15 is 0 Å². The topological polar surface area (TPSA) is 54.5 Å². The normalized spacial score (nSPS) is 19.7. The second-order valence-corrected chi connectivity index (χ2v) is 8.14. The minimum absolute atomic E-state index is 0.0671. The molecule has 3 rings (SSSR count). The second-order valence-electron chi connectivity index (χ2n) is 5.81. The smallest absolute Gasteiger partial charge is 0.248 e. The number of amides is 1. The molecule has 4 nitrogen and oxygen atoms in total. The summed E-state index contributed by atoms with van der Waals surface area (Å²) in [6, 6.07) is 0.767. The first-order valence-corrected chi connectivity index (χ1v) is 8.76. The fourth-order valence-corrected chi connectivity index (χ4v) is 4.22.